The van der Waals surface area contributed by atoms with Gasteiger partial charge in [-0.05, 0) is 98.8 Å². The van der Waals surface area contributed by atoms with Crippen LogP contribution < -0.4 is 4.90 Å². The summed E-state index contributed by atoms with van der Waals surface area (Å²) < 4.78 is 9.32. The summed E-state index contributed by atoms with van der Waals surface area (Å²) in [6.45, 7) is 0. The predicted molar refractivity (Wildman–Crippen MR) is 235 cm³/mol. The second-order valence-corrected chi connectivity index (χ2v) is 15.2. The van der Waals surface area contributed by atoms with Crippen molar-refractivity contribution in [1.82, 2.24) is 0 Å². The Morgan fingerprint density at radius 2 is 1.02 bits per heavy atom. The summed E-state index contributed by atoms with van der Waals surface area (Å²) in [6, 6.07) is 72.3. The van der Waals surface area contributed by atoms with Crippen LogP contribution in [-0.4, -0.2) is 0 Å². The maximum Gasteiger partial charge on any atom is 0.159 e. The van der Waals surface area contributed by atoms with E-state index < -0.39 is 0 Å². The van der Waals surface area contributed by atoms with Crippen molar-refractivity contribution < 1.29 is 4.42 Å². The van der Waals surface area contributed by atoms with Crippen molar-refractivity contribution in [2.24, 2.45) is 0 Å². The van der Waals surface area contributed by atoms with Gasteiger partial charge in [0.2, 0.25) is 0 Å². The SMILES string of the molecule is c1ccc(-c2ccc(N(c3cc(-c4ccc5c(c4)sc4ccccc45)cc(-c4cccc5ccccc45)c3)c3cccc4c3oc3ccccc34)cc2)cc1. The highest BCUT2D eigenvalue weighted by atomic mass is 32.1. The van der Waals surface area contributed by atoms with Gasteiger partial charge in [0.05, 0.1) is 5.69 Å². The third kappa shape index (κ3) is 5.40. The molecule has 0 aliphatic carbocycles. The molecule has 11 rings (SSSR count). The van der Waals surface area contributed by atoms with Crippen LogP contribution >= 0.6 is 11.3 Å². The minimum Gasteiger partial charge on any atom is -0.454 e. The molecule has 0 radical (unpaired) electrons. The maximum atomic E-state index is 6.72. The maximum absolute atomic E-state index is 6.72. The zero-order valence-electron chi connectivity index (χ0n) is 29.8. The molecule has 0 aliphatic heterocycles. The zero-order valence-corrected chi connectivity index (χ0v) is 30.6. The Labute approximate surface area is 322 Å². The van der Waals surface area contributed by atoms with Crippen LogP contribution in [0.5, 0.6) is 0 Å². The Morgan fingerprint density at radius 1 is 0.364 bits per heavy atom. The van der Waals surface area contributed by atoms with E-state index in [-0.39, 0.29) is 0 Å². The van der Waals surface area contributed by atoms with E-state index in [2.05, 4.69) is 199 Å². The monoisotopic (exact) mass is 719 g/mol. The molecule has 3 heteroatoms. The van der Waals surface area contributed by atoms with Crippen LogP contribution in [0.25, 0.3) is 86.3 Å². The molecule has 0 atom stereocenters. The molecule has 2 heterocycles. The van der Waals surface area contributed by atoms with Crippen LogP contribution in [0.2, 0.25) is 0 Å². The normalized spacial score (nSPS) is 11.6. The fourth-order valence-corrected chi connectivity index (χ4v) is 9.36. The van der Waals surface area contributed by atoms with E-state index >= 15 is 0 Å². The number of furan rings is 1. The highest BCUT2D eigenvalue weighted by molar-refractivity contribution is 7.25. The third-order valence-electron chi connectivity index (χ3n) is 10.8. The summed E-state index contributed by atoms with van der Waals surface area (Å²) in [5.74, 6) is 0. The lowest BCUT2D eigenvalue weighted by Gasteiger charge is -2.27. The molecule has 0 amide bonds. The molecule has 0 fully saturated rings. The second-order valence-electron chi connectivity index (χ2n) is 14.1. The summed E-state index contributed by atoms with van der Waals surface area (Å²) in [5, 5.41) is 7.26. The molecule has 2 nitrogen and oxygen atoms in total. The van der Waals surface area contributed by atoms with Gasteiger partial charge in [0.15, 0.2) is 5.58 Å². The Hall–Kier alpha value is -6.94. The minimum absolute atomic E-state index is 0.861. The lowest BCUT2D eigenvalue weighted by atomic mass is 9.93. The molecule has 11 aromatic rings. The van der Waals surface area contributed by atoms with Crippen molar-refractivity contribution in [3.63, 3.8) is 0 Å². The molecular weight excluding hydrogens is 687 g/mol. The summed E-state index contributed by atoms with van der Waals surface area (Å²) >= 11 is 1.86. The van der Waals surface area contributed by atoms with E-state index in [4.69, 9.17) is 4.42 Å². The van der Waals surface area contributed by atoms with Crippen LogP contribution in [0.15, 0.2) is 205 Å². The Balaban J connectivity index is 1.18. The topological polar surface area (TPSA) is 16.4 Å². The molecule has 0 unspecified atom stereocenters. The van der Waals surface area contributed by atoms with E-state index in [0.29, 0.717) is 0 Å². The van der Waals surface area contributed by atoms with Gasteiger partial charge in [0, 0.05) is 42.3 Å². The number of para-hydroxylation sites is 2. The first-order valence-corrected chi connectivity index (χ1v) is 19.5. The standard InChI is InChI=1S/C52H33NOS/c1-2-12-34(13-3-1)35-24-27-40(28-25-35)53(48-21-11-20-47-44-17-6-8-22-49(44)54-52(47)48)41-31-38(30-39(32-41)43-19-10-15-36-14-4-5-16-42(36)43)37-26-29-46-45-18-7-9-23-50(45)55-51(46)33-37/h1-33H. The van der Waals surface area contributed by atoms with Crippen LogP contribution in [0.1, 0.15) is 0 Å². The predicted octanol–water partition coefficient (Wildman–Crippen LogP) is 15.6. The number of fused-ring (bicyclic) bond motifs is 7. The van der Waals surface area contributed by atoms with Gasteiger partial charge in [-0.25, -0.2) is 0 Å². The molecule has 55 heavy (non-hydrogen) atoms. The Morgan fingerprint density at radius 3 is 1.91 bits per heavy atom. The lowest BCUT2D eigenvalue weighted by molar-refractivity contribution is 0.669. The third-order valence-corrected chi connectivity index (χ3v) is 12.0. The summed E-state index contributed by atoms with van der Waals surface area (Å²) in [5.41, 5.74) is 11.9. The van der Waals surface area contributed by atoms with Gasteiger partial charge in [-0.15, -0.1) is 11.3 Å². The Bertz CT molecular complexity index is 3200. The van der Waals surface area contributed by atoms with Gasteiger partial charge in [-0.2, -0.15) is 0 Å². The molecule has 0 saturated carbocycles. The quantitative estimate of drug-likeness (QED) is 0.170. The van der Waals surface area contributed by atoms with Crippen LogP contribution in [0.4, 0.5) is 17.1 Å². The summed E-state index contributed by atoms with van der Waals surface area (Å²) in [6.07, 6.45) is 0. The lowest BCUT2D eigenvalue weighted by Crippen LogP contribution is -2.10. The average molecular weight is 720 g/mol. The number of anilines is 3. The number of thiophene rings is 1. The van der Waals surface area contributed by atoms with Crippen molar-refractivity contribution >= 4 is 81.3 Å². The van der Waals surface area contributed by atoms with Crippen LogP contribution in [-0.2, 0) is 0 Å². The second kappa shape index (κ2) is 12.9. The molecule has 0 aliphatic rings. The average Bonchev–Trinajstić information content (AvgIpc) is 3.83. The molecule has 0 spiro atoms. The van der Waals surface area contributed by atoms with Crippen LogP contribution in [0.3, 0.4) is 0 Å². The summed E-state index contributed by atoms with van der Waals surface area (Å²) in [4.78, 5) is 2.37. The highest BCUT2D eigenvalue weighted by Gasteiger charge is 2.21. The van der Waals surface area contributed by atoms with Gasteiger partial charge >= 0.3 is 0 Å². The van der Waals surface area contributed by atoms with Gasteiger partial charge in [-0.3, -0.25) is 0 Å². The number of hydrogen-bond acceptors (Lipinski definition) is 3. The van der Waals surface area contributed by atoms with Crippen molar-refractivity contribution in [2.45, 2.75) is 0 Å². The van der Waals surface area contributed by atoms with Crippen molar-refractivity contribution in [1.29, 1.82) is 0 Å². The molecule has 9 aromatic carbocycles. The zero-order chi connectivity index (χ0) is 36.3. The van der Waals surface area contributed by atoms with Gasteiger partial charge in [0.25, 0.3) is 0 Å². The molecule has 0 saturated heterocycles. The van der Waals surface area contributed by atoms with E-state index in [9.17, 15) is 0 Å². The molecule has 2 aromatic heterocycles. The van der Waals surface area contributed by atoms with E-state index in [1.54, 1.807) is 0 Å². The van der Waals surface area contributed by atoms with Crippen molar-refractivity contribution in [3.8, 4) is 33.4 Å². The van der Waals surface area contributed by atoms with Gasteiger partial charge in [0.1, 0.15) is 5.58 Å². The first-order valence-electron chi connectivity index (χ1n) is 18.7. The fraction of sp³-hybridized carbons (Fsp3) is 0. The number of hydrogen-bond donors (Lipinski definition) is 0. The van der Waals surface area contributed by atoms with E-state index in [1.807, 2.05) is 17.4 Å². The molecule has 0 N–H and O–H groups in total. The van der Waals surface area contributed by atoms with Crippen LogP contribution in [0, 0.1) is 0 Å². The molecule has 0 bridgehead atoms. The van der Waals surface area contributed by atoms with Gasteiger partial charge < -0.3 is 9.32 Å². The van der Waals surface area contributed by atoms with Gasteiger partial charge in [-0.1, -0.05) is 146 Å². The fourth-order valence-electron chi connectivity index (χ4n) is 8.21. The Kier molecular flexibility index (Phi) is 7.39. The van der Waals surface area contributed by atoms with Crippen molar-refractivity contribution in [2.75, 3.05) is 4.90 Å². The van der Waals surface area contributed by atoms with E-state index in [0.717, 1.165) is 50.1 Å². The first-order chi connectivity index (χ1) is 27.2. The smallest absolute Gasteiger partial charge is 0.159 e. The minimum atomic E-state index is 0.861. The molecule has 258 valence electrons. The number of rotatable bonds is 6. The summed E-state index contributed by atoms with van der Waals surface area (Å²) in [7, 11) is 0. The highest BCUT2D eigenvalue weighted by Crippen LogP contribution is 2.46. The van der Waals surface area contributed by atoms with E-state index in [1.165, 1.54) is 53.2 Å². The number of benzene rings is 9. The number of nitrogens with zero attached hydrogens (tertiary/aromatic N) is 1. The van der Waals surface area contributed by atoms with Crippen molar-refractivity contribution in [3.05, 3.63) is 200 Å². The first kappa shape index (κ1) is 31.6. The largest absolute Gasteiger partial charge is 0.454 e. The molecular formula is C52H33NOS.